The third-order valence-corrected chi connectivity index (χ3v) is 3.52. The van der Waals surface area contributed by atoms with Gasteiger partial charge in [0.1, 0.15) is 11.6 Å². The standard InChI is InChI=1S/C13H17Cl2N3O2.2ClH/c14-9-7-10(15)13(18-8-9)20-6-5-17-12(19)11-3-1-2-4-16-11;;/h7-8,11,16H,1-6H2,(H,17,19);2*1H/t11-;;/m1../s1. The minimum Gasteiger partial charge on any atom is -0.475 e. The molecule has 0 bridgehead atoms. The van der Waals surface area contributed by atoms with Crippen LogP contribution in [0.5, 0.6) is 5.88 Å². The summed E-state index contributed by atoms with van der Waals surface area (Å²) in [6.45, 7) is 1.63. The number of carbonyl (C=O) groups is 1. The van der Waals surface area contributed by atoms with Crippen molar-refractivity contribution in [3.05, 3.63) is 22.3 Å². The number of nitrogens with zero attached hydrogens (tertiary/aromatic N) is 1. The molecule has 126 valence electrons. The molecule has 1 aromatic rings. The van der Waals surface area contributed by atoms with Crippen LogP contribution in [-0.2, 0) is 4.79 Å². The largest absolute Gasteiger partial charge is 0.475 e. The lowest BCUT2D eigenvalue weighted by atomic mass is 10.0. The monoisotopic (exact) mass is 389 g/mol. The molecule has 9 heteroatoms. The lowest BCUT2D eigenvalue weighted by molar-refractivity contribution is -0.123. The van der Waals surface area contributed by atoms with Crippen LogP contribution in [0.3, 0.4) is 0 Å². The average molecular weight is 391 g/mol. The Hall–Kier alpha value is -0.460. The van der Waals surface area contributed by atoms with Gasteiger partial charge in [-0.3, -0.25) is 4.79 Å². The van der Waals surface area contributed by atoms with Gasteiger partial charge in [0.25, 0.3) is 0 Å². The van der Waals surface area contributed by atoms with Gasteiger partial charge in [-0.15, -0.1) is 24.8 Å². The van der Waals surface area contributed by atoms with Crippen LogP contribution in [0, 0.1) is 0 Å². The first kappa shape index (κ1) is 21.5. The Morgan fingerprint density at radius 3 is 2.82 bits per heavy atom. The molecular formula is C13H19Cl4N3O2. The van der Waals surface area contributed by atoms with Crippen molar-refractivity contribution in [3.8, 4) is 5.88 Å². The normalized spacial score (nSPS) is 16.9. The predicted molar refractivity (Wildman–Crippen MR) is 92.9 cm³/mol. The summed E-state index contributed by atoms with van der Waals surface area (Å²) in [5.41, 5.74) is 0. The number of hydrogen-bond donors (Lipinski definition) is 2. The number of carbonyl (C=O) groups excluding carboxylic acids is 1. The second-order valence-corrected chi connectivity index (χ2v) is 5.43. The van der Waals surface area contributed by atoms with Crippen molar-refractivity contribution in [1.82, 2.24) is 15.6 Å². The van der Waals surface area contributed by atoms with E-state index in [1.54, 1.807) is 6.07 Å². The van der Waals surface area contributed by atoms with Crippen molar-refractivity contribution in [2.75, 3.05) is 19.7 Å². The number of amides is 1. The van der Waals surface area contributed by atoms with E-state index in [-0.39, 0.29) is 36.8 Å². The van der Waals surface area contributed by atoms with Gasteiger partial charge in [-0.25, -0.2) is 4.98 Å². The van der Waals surface area contributed by atoms with Crippen LogP contribution >= 0.6 is 48.0 Å². The summed E-state index contributed by atoms with van der Waals surface area (Å²) < 4.78 is 5.39. The van der Waals surface area contributed by atoms with Crippen molar-refractivity contribution in [1.29, 1.82) is 0 Å². The number of pyridine rings is 1. The Balaban J connectivity index is 0.00000220. The van der Waals surface area contributed by atoms with E-state index in [2.05, 4.69) is 15.6 Å². The fourth-order valence-electron chi connectivity index (χ4n) is 2.03. The molecule has 2 rings (SSSR count). The molecule has 0 saturated carbocycles. The molecule has 0 spiro atoms. The van der Waals surface area contributed by atoms with Crippen molar-refractivity contribution in [2.45, 2.75) is 25.3 Å². The molecule has 5 nitrogen and oxygen atoms in total. The number of piperidine rings is 1. The first-order valence-electron chi connectivity index (χ1n) is 6.62. The van der Waals surface area contributed by atoms with E-state index in [9.17, 15) is 4.79 Å². The van der Waals surface area contributed by atoms with E-state index in [0.29, 0.717) is 29.1 Å². The summed E-state index contributed by atoms with van der Waals surface area (Å²) in [6.07, 6.45) is 4.57. The molecule has 0 aliphatic carbocycles. The van der Waals surface area contributed by atoms with Crippen LogP contribution < -0.4 is 15.4 Å². The number of nitrogens with one attached hydrogen (secondary N) is 2. The fourth-order valence-corrected chi connectivity index (χ4v) is 2.46. The number of rotatable bonds is 5. The predicted octanol–water partition coefficient (Wildman–Crippen LogP) is 2.87. The van der Waals surface area contributed by atoms with Crippen molar-refractivity contribution in [3.63, 3.8) is 0 Å². The van der Waals surface area contributed by atoms with Crippen LogP contribution in [0.15, 0.2) is 12.3 Å². The van der Waals surface area contributed by atoms with Crippen molar-refractivity contribution >= 4 is 53.9 Å². The summed E-state index contributed by atoms with van der Waals surface area (Å²) in [5, 5.41) is 6.84. The van der Waals surface area contributed by atoms with Gasteiger partial charge >= 0.3 is 0 Å². The average Bonchev–Trinajstić information content (AvgIpc) is 2.46. The van der Waals surface area contributed by atoms with Crippen molar-refractivity contribution in [2.24, 2.45) is 0 Å². The molecule has 1 aliphatic heterocycles. The van der Waals surface area contributed by atoms with E-state index in [4.69, 9.17) is 27.9 Å². The van der Waals surface area contributed by atoms with E-state index < -0.39 is 0 Å². The van der Waals surface area contributed by atoms with Gasteiger partial charge in [0.2, 0.25) is 11.8 Å². The second-order valence-electron chi connectivity index (χ2n) is 4.58. The minimum absolute atomic E-state index is 0. The zero-order valence-electron chi connectivity index (χ0n) is 11.8. The molecule has 1 amide bonds. The third kappa shape index (κ3) is 6.75. The van der Waals surface area contributed by atoms with Gasteiger partial charge in [-0.05, 0) is 25.5 Å². The number of ether oxygens (including phenoxy) is 1. The number of hydrogen-bond acceptors (Lipinski definition) is 4. The summed E-state index contributed by atoms with van der Waals surface area (Å²) in [6, 6.07) is 1.48. The van der Waals surface area contributed by atoms with Crippen LogP contribution in [0.25, 0.3) is 0 Å². The summed E-state index contributed by atoms with van der Waals surface area (Å²) >= 11 is 11.7. The maximum absolute atomic E-state index is 11.8. The highest BCUT2D eigenvalue weighted by Gasteiger charge is 2.19. The molecule has 1 fully saturated rings. The van der Waals surface area contributed by atoms with Crippen LogP contribution in [0.2, 0.25) is 10.0 Å². The SMILES string of the molecule is Cl.Cl.O=C(NCCOc1ncc(Cl)cc1Cl)[C@H]1CCCCN1. The van der Waals surface area contributed by atoms with Gasteiger partial charge in [0.05, 0.1) is 17.6 Å². The molecule has 22 heavy (non-hydrogen) atoms. The lowest BCUT2D eigenvalue weighted by Crippen LogP contribution is -2.47. The first-order chi connectivity index (χ1) is 9.66. The number of aromatic nitrogens is 1. The smallest absolute Gasteiger partial charge is 0.237 e. The Labute approximate surface area is 152 Å². The summed E-state index contributed by atoms with van der Waals surface area (Å²) in [4.78, 5) is 15.8. The number of halogens is 4. The third-order valence-electron chi connectivity index (χ3n) is 3.04. The minimum atomic E-state index is -0.0824. The van der Waals surface area contributed by atoms with E-state index in [1.807, 2.05) is 0 Å². The van der Waals surface area contributed by atoms with E-state index in [1.165, 1.54) is 6.20 Å². The van der Waals surface area contributed by atoms with Gasteiger partial charge in [-0.2, -0.15) is 0 Å². The summed E-state index contributed by atoms with van der Waals surface area (Å²) in [5.74, 6) is 0.338. The van der Waals surface area contributed by atoms with Gasteiger partial charge in [0.15, 0.2) is 0 Å². The molecule has 1 aromatic heterocycles. The Kier molecular flexibility index (Phi) is 10.9. The molecule has 1 aliphatic rings. The van der Waals surface area contributed by atoms with Crippen LogP contribution in [0.4, 0.5) is 0 Å². The Bertz CT molecular complexity index is 471. The second kappa shape index (κ2) is 11.1. The maximum Gasteiger partial charge on any atom is 0.237 e. The van der Waals surface area contributed by atoms with Gasteiger partial charge in [0, 0.05) is 6.20 Å². The molecule has 1 atom stereocenters. The van der Waals surface area contributed by atoms with Gasteiger partial charge in [-0.1, -0.05) is 29.6 Å². The summed E-state index contributed by atoms with van der Waals surface area (Å²) in [7, 11) is 0. The topological polar surface area (TPSA) is 63.2 Å². The fraction of sp³-hybridized carbons (Fsp3) is 0.538. The maximum atomic E-state index is 11.8. The van der Waals surface area contributed by atoms with E-state index >= 15 is 0 Å². The zero-order valence-corrected chi connectivity index (χ0v) is 15.0. The van der Waals surface area contributed by atoms with E-state index in [0.717, 1.165) is 25.8 Å². The molecule has 0 radical (unpaired) electrons. The lowest BCUT2D eigenvalue weighted by Gasteiger charge is -2.22. The molecule has 0 aromatic carbocycles. The molecular weight excluding hydrogens is 372 g/mol. The van der Waals surface area contributed by atoms with Gasteiger partial charge < -0.3 is 15.4 Å². The zero-order chi connectivity index (χ0) is 14.4. The molecule has 2 heterocycles. The highest BCUT2D eigenvalue weighted by molar-refractivity contribution is 6.35. The Morgan fingerprint density at radius 1 is 1.41 bits per heavy atom. The molecule has 0 unspecified atom stereocenters. The van der Waals surface area contributed by atoms with Crippen LogP contribution in [-0.4, -0.2) is 36.6 Å². The highest BCUT2D eigenvalue weighted by Crippen LogP contribution is 2.24. The highest BCUT2D eigenvalue weighted by atomic mass is 35.5. The Morgan fingerprint density at radius 2 is 2.18 bits per heavy atom. The van der Waals surface area contributed by atoms with Crippen molar-refractivity contribution < 1.29 is 9.53 Å². The molecule has 1 saturated heterocycles. The van der Waals surface area contributed by atoms with Crippen LogP contribution in [0.1, 0.15) is 19.3 Å². The molecule has 2 N–H and O–H groups in total. The quantitative estimate of drug-likeness (QED) is 0.758. The first-order valence-corrected chi connectivity index (χ1v) is 7.37.